The Labute approximate surface area is 97.3 Å². The van der Waals surface area contributed by atoms with Crippen LogP contribution in [-0.4, -0.2) is 21.2 Å². The second-order valence-electron chi connectivity index (χ2n) is 3.48. The van der Waals surface area contributed by atoms with Crippen LogP contribution >= 0.6 is 0 Å². The minimum absolute atomic E-state index is 0.134. The highest BCUT2D eigenvalue weighted by atomic mass is 16.5. The monoisotopic (exact) mass is 233 g/mol. The van der Waals surface area contributed by atoms with E-state index in [4.69, 9.17) is 14.9 Å². The number of aromatic hydroxyl groups is 1. The van der Waals surface area contributed by atoms with Crippen molar-refractivity contribution < 1.29 is 19.7 Å². The molecular weight excluding hydrogens is 222 g/mol. The lowest BCUT2D eigenvalue weighted by Gasteiger charge is -2.04. The maximum Gasteiger partial charge on any atom is 0.352 e. The number of aromatic amines is 1. The summed E-state index contributed by atoms with van der Waals surface area (Å²) in [6.45, 7) is 0.248. The van der Waals surface area contributed by atoms with E-state index in [1.165, 1.54) is 18.2 Å². The van der Waals surface area contributed by atoms with Gasteiger partial charge in [0.25, 0.3) is 0 Å². The third-order valence-corrected chi connectivity index (χ3v) is 2.21. The minimum Gasteiger partial charge on any atom is -0.508 e. The first-order valence-electron chi connectivity index (χ1n) is 4.98. The molecule has 0 aliphatic carbocycles. The van der Waals surface area contributed by atoms with Gasteiger partial charge in [-0.15, -0.1) is 0 Å². The second-order valence-corrected chi connectivity index (χ2v) is 3.48. The number of phenolic OH excluding ortho intramolecular Hbond substituents is 1. The Kier molecular flexibility index (Phi) is 3.00. The third-order valence-electron chi connectivity index (χ3n) is 2.21. The summed E-state index contributed by atoms with van der Waals surface area (Å²) in [4.78, 5) is 13.3. The number of rotatable bonds is 4. The van der Waals surface area contributed by atoms with Gasteiger partial charge in [-0.05, 0) is 36.4 Å². The van der Waals surface area contributed by atoms with Gasteiger partial charge in [0.1, 0.15) is 23.8 Å². The Balaban J connectivity index is 1.97. The number of carboxylic acids is 1. The number of benzene rings is 1. The van der Waals surface area contributed by atoms with Crippen molar-refractivity contribution in [1.29, 1.82) is 0 Å². The fourth-order valence-corrected chi connectivity index (χ4v) is 1.35. The molecule has 0 amide bonds. The molecule has 0 atom stereocenters. The highest BCUT2D eigenvalue weighted by molar-refractivity contribution is 5.85. The molecule has 1 aromatic heterocycles. The molecule has 5 nitrogen and oxygen atoms in total. The minimum atomic E-state index is -0.999. The molecule has 88 valence electrons. The number of phenols is 1. The van der Waals surface area contributed by atoms with E-state index in [0.29, 0.717) is 11.4 Å². The molecule has 0 radical (unpaired) electrons. The van der Waals surface area contributed by atoms with Crippen LogP contribution in [0.5, 0.6) is 11.5 Å². The topological polar surface area (TPSA) is 82.6 Å². The summed E-state index contributed by atoms with van der Waals surface area (Å²) >= 11 is 0. The zero-order chi connectivity index (χ0) is 12.3. The van der Waals surface area contributed by atoms with Crippen molar-refractivity contribution in [2.45, 2.75) is 6.61 Å². The van der Waals surface area contributed by atoms with E-state index in [0.717, 1.165) is 0 Å². The smallest absolute Gasteiger partial charge is 0.352 e. The number of hydrogen-bond acceptors (Lipinski definition) is 3. The van der Waals surface area contributed by atoms with E-state index in [9.17, 15) is 4.79 Å². The number of hydrogen-bond donors (Lipinski definition) is 3. The Morgan fingerprint density at radius 3 is 2.47 bits per heavy atom. The molecule has 0 aliphatic rings. The van der Waals surface area contributed by atoms with Gasteiger partial charge in [0.15, 0.2) is 0 Å². The van der Waals surface area contributed by atoms with E-state index >= 15 is 0 Å². The number of carboxylic acid groups (broad SMARTS) is 1. The maximum absolute atomic E-state index is 10.6. The summed E-state index contributed by atoms with van der Waals surface area (Å²) in [6, 6.07) is 9.45. The zero-order valence-corrected chi connectivity index (χ0v) is 8.88. The first-order valence-corrected chi connectivity index (χ1v) is 4.98. The number of H-pyrrole nitrogens is 1. The van der Waals surface area contributed by atoms with Crippen LogP contribution in [-0.2, 0) is 6.61 Å². The fourth-order valence-electron chi connectivity index (χ4n) is 1.35. The van der Waals surface area contributed by atoms with Gasteiger partial charge >= 0.3 is 5.97 Å². The Morgan fingerprint density at radius 1 is 1.18 bits per heavy atom. The summed E-state index contributed by atoms with van der Waals surface area (Å²) in [7, 11) is 0. The molecule has 2 rings (SSSR count). The van der Waals surface area contributed by atoms with Crippen LogP contribution in [0.4, 0.5) is 0 Å². The molecule has 0 fully saturated rings. The van der Waals surface area contributed by atoms with Crippen molar-refractivity contribution in [3.05, 3.63) is 47.8 Å². The highest BCUT2D eigenvalue weighted by Gasteiger charge is 2.05. The molecule has 3 N–H and O–H groups in total. The average Bonchev–Trinajstić information content (AvgIpc) is 2.77. The van der Waals surface area contributed by atoms with Crippen molar-refractivity contribution in [2.24, 2.45) is 0 Å². The molecule has 0 bridgehead atoms. The van der Waals surface area contributed by atoms with Gasteiger partial charge < -0.3 is 19.9 Å². The largest absolute Gasteiger partial charge is 0.508 e. The van der Waals surface area contributed by atoms with Crippen LogP contribution in [0.2, 0.25) is 0 Å². The Bertz CT molecular complexity index is 516. The highest BCUT2D eigenvalue weighted by Crippen LogP contribution is 2.17. The molecule has 0 saturated carbocycles. The van der Waals surface area contributed by atoms with Gasteiger partial charge in [0, 0.05) is 0 Å². The van der Waals surface area contributed by atoms with Gasteiger partial charge in [-0.2, -0.15) is 0 Å². The van der Waals surface area contributed by atoms with Crippen LogP contribution in [0.1, 0.15) is 16.2 Å². The summed E-state index contributed by atoms with van der Waals surface area (Å²) < 4.78 is 5.40. The van der Waals surface area contributed by atoms with Crippen molar-refractivity contribution in [3.63, 3.8) is 0 Å². The van der Waals surface area contributed by atoms with Crippen LogP contribution in [0.3, 0.4) is 0 Å². The van der Waals surface area contributed by atoms with Crippen LogP contribution in [0, 0.1) is 0 Å². The van der Waals surface area contributed by atoms with E-state index in [1.807, 2.05) is 0 Å². The number of ether oxygens (including phenoxy) is 1. The predicted molar refractivity (Wildman–Crippen MR) is 60.2 cm³/mol. The van der Waals surface area contributed by atoms with E-state index in [2.05, 4.69) is 4.98 Å². The van der Waals surface area contributed by atoms with Gasteiger partial charge in [-0.1, -0.05) is 0 Å². The molecule has 0 aliphatic heterocycles. The van der Waals surface area contributed by atoms with Crippen LogP contribution in [0.25, 0.3) is 0 Å². The summed E-state index contributed by atoms with van der Waals surface area (Å²) in [5.41, 5.74) is 0.810. The van der Waals surface area contributed by atoms with Crippen LogP contribution in [0.15, 0.2) is 36.4 Å². The lowest BCUT2D eigenvalue weighted by molar-refractivity contribution is 0.0691. The normalized spacial score (nSPS) is 10.1. The Hall–Kier alpha value is -2.43. The molecule has 1 heterocycles. The molecule has 0 spiro atoms. The SMILES string of the molecule is O=C(O)c1ccc(COc2ccc(O)cc2)[nH]1. The number of nitrogens with one attached hydrogen (secondary N) is 1. The number of aromatic nitrogens is 1. The van der Waals surface area contributed by atoms with Crippen molar-refractivity contribution in [1.82, 2.24) is 4.98 Å². The van der Waals surface area contributed by atoms with Gasteiger partial charge in [0.2, 0.25) is 0 Å². The van der Waals surface area contributed by atoms with Gasteiger partial charge in [-0.3, -0.25) is 0 Å². The molecule has 0 saturated heterocycles. The van der Waals surface area contributed by atoms with E-state index < -0.39 is 5.97 Å². The summed E-state index contributed by atoms with van der Waals surface area (Å²) in [5, 5.41) is 17.8. The maximum atomic E-state index is 10.6. The first kappa shape index (κ1) is 11.1. The second kappa shape index (κ2) is 4.61. The Morgan fingerprint density at radius 2 is 1.88 bits per heavy atom. The molecule has 2 aromatic rings. The third kappa shape index (κ3) is 2.78. The summed E-state index contributed by atoms with van der Waals surface area (Å²) in [5.74, 6) is -0.222. The van der Waals surface area contributed by atoms with E-state index in [-0.39, 0.29) is 18.1 Å². The van der Waals surface area contributed by atoms with Crippen molar-refractivity contribution >= 4 is 5.97 Å². The average molecular weight is 233 g/mol. The quantitative estimate of drug-likeness (QED) is 0.754. The lowest BCUT2D eigenvalue weighted by Crippen LogP contribution is -1.99. The summed E-state index contributed by atoms with van der Waals surface area (Å²) in [6.07, 6.45) is 0. The number of carbonyl (C=O) groups is 1. The fraction of sp³-hybridized carbons (Fsp3) is 0.0833. The van der Waals surface area contributed by atoms with Gasteiger partial charge in [-0.25, -0.2) is 4.79 Å². The van der Waals surface area contributed by atoms with E-state index in [1.54, 1.807) is 18.2 Å². The van der Waals surface area contributed by atoms with Gasteiger partial charge in [0.05, 0.1) is 5.69 Å². The lowest BCUT2D eigenvalue weighted by atomic mass is 10.3. The molecule has 1 aromatic carbocycles. The molecule has 0 unspecified atom stereocenters. The van der Waals surface area contributed by atoms with Crippen molar-refractivity contribution in [3.8, 4) is 11.5 Å². The molecule has 5 heteroatoms. The molecule has 17 heavy (non-hydrogen) atoms. The zero-order valence-electron chi connectivity index (χ0n) is 8.88. The van der Waals surface area contributed by atoms with Crippen molar-refractivity contribution in [2.75, 3.05) is 0 Å². The standard InChI is InChI=1S/C12H11NO4/c14-9-2-4-10(5-3-9)17-7-8-1-6-11(13-8)12(15)16/h1-6,13-14H,7H2,(H,15,16). The molecular formula is C12H11NO4. The van der Waals surface area contributed by atoms with Crippen LogP contribution < -0.4 is 4.74 Å². The first-order chi connectivity index (χ1) is 8.15. The predicted octanol–water partition coefficient (Wildman–Crippen LogP) is 2.00. The number of aromatic carboxylic acids is 1.